The molecule has 1 aromatic carbocycles. The molecule has 3 nitrogen and oxygen atoms in total. The van der Waals surface area contributed by atoms with Gasteiger partial charge in [-0.15, -0.1) is 0 Å². The highest BCUT2D eigenvalue weighted by Gasteiger charge is 2.29. The van der Waals surface area contributed by atoms with Crippen molar-refractivity contribution in [2.75, 3.05) is 0 Å². The summed E-state index contributed by atoms with van der Waals surface area (Å²) in [5.41, 5.74) is -3.43. The van der Waals surface area contributed by atoms with Gasteiger partial charge in [0.05, 0.1) is 17.4 Å². The molecule has 1 heterocycles. The quantitative estimate of drug-likeness (QED) is 0.654. The third-order valence-electron chi connectivity index (χ3n) is 1.89. The second-order valence-corrected chi connectivity index (χ2v) is 4.12. The largest absolute Gasteiger partial charge is 0.446 e. The lowest BCUT2D eigenvalue weighted by atomic mass is 10.2. The van der Waals surface area contributed by atoms with Crippen molar-refractivity contribution < 1.29 is 18.0 Å². The average Bonchev–Trinajstić information content (AvgIpc) is 2.61. The Labute approximate surface area is 92.1 Å². The Hall–Kier alpha value is -1.50. The van der Waals surface area contributed by atoms with Gasteiger partial charge in [0.1, 0.15) is 0 Å². The van der Waals surface area contributed by atoms with Crippen molar-refractivity contribution in [3.63, 3.8) is 0 Å². The fourth-order valence-corrected chi connectivity index (χ4v) is 1.96. The molecule has 0 saturated carbocycles. The Morgan fingerprint density at radius 2 is 2.12 bits per heavy atom. The zero-order valence-corrected chi connectivity index (χ0v) is 8.52. The molecule has 1 N–H and O–H groups in total. The van der Waals surface area contributed by atoms with E-state index in [1.807, 2.05) is 0 Å². The Balaban J connectivity index is 2.51. The van der Waals surface area contributed by atoms with Crippen LogP contribution in [0, 0.1) is 0 Å². The van der Waals surface area contributed by atoms with Crippen LogP contribution >= 0.6 is 11.8 Å². The summed E-state index contributed by atoms with van der Waals surface area (Å²) >= 11 is -0.258. The van der Waals surface area contributed by atoms with Gasteiger partial charge in [0.25, 0.3) is 0 Å². The Morgan fingerprint density at radius 3 is 2.75 bits per heavy atom. The number of imidazole rings is 1. The average molecular weight is 246 g/mol. The number of aromatic nitrogens is 2. The van der Waals surface area contributed by atoms with E-state index in [0.29, 0.717) is 17.3 Å². The van der Waals surface area contributed by atoms with Crippen LogP contribution in [0.4, 0.5) is 13.2 Å². The van der Waals surface area contributed by atoms with Gasteiger partial charge in [-0.05, 0) is 23.9 Å². The van der Waals surface area contributed by atoms with Gasteiger partial charge in [-0.1, -0.05) is 0 Å². The first kappa shape index (κ1) is 11.0. The Morgan fingerprint density at radius 1 is 1.38 bits per heavy atom. The number of aldehydes is 1. The second-order valence-electron chi connectivity index (χ2n) is 2.98. The molecule has 0 atom stereocenters. The van der Waals surface area contributed by atoms with Crippen molar-refractivity contribution in [3.8, 4) is 0 Å². The van der Waals surface area contributed by atoms with Gasteiger partial charge in [-0.2, -0.15) is 13.2 Å². The van der Waals surface area contributed by atoms with Gasteiger partial charge in [0, 0.05) is 10.5 Å². The molecule has 0 aliphatic carbocycles. The highest BCUT2D eigenvalue weighted by Crippen LogP contribution is 2.38. The second kappa shape index (κ2) is 3.82. The van der Waals surface area contributed by atoms with Gasteiger partial charge >= 0.3 is 5.51 Å². The van der Waals surface area contributed by atoms with Crippen LogP contribution in [0.25, 0.3) is 11.0 Å². The van der Waals surface area contributed by atoms with Crippen LogP contribution < -0.4 is 0 Å². The molecule has 0 bridgehead atoms. The molecule has 0 aliphatic rings. The normalized spacial score (nSPS) is 11.9. The number of rotatable bonds is 2. The minimum Gasteiger partial charge on any atom is -0.345 e. The molecule has 7 heteroatoms. The first-order valence-electron chi connectivity index (χ1n) is 4.17. The van der Waals surface area contributed by atoms with Gasteiger partial charge in [-0.3, -0.25) is 4.79 Å². The van der Waals surface area contributed by atoms with Crippen LogP contribution in [-0.2, 0) is 0 Å². The minimum absolute atomic E-state index is 0.0358. The number of hydrogen-bond donors (Lipinski definition) is 1. The molecular weight excluding hydrogens is 241 g/mol. The summed E-state index contributed by atoms with van der Waals surface area (Å²) in [6.07, 6.45) is 1.82. The van der Waals surface area contributed by atoms with Crippen LogP contribution in [0.1, 0.15) is 10.4 Å². The number of hydrogen-bond acceptors (Lipinski definition) is 3. The predicted molar refractivity (Wildman–Crippen MR) is 53.4 cm³/mol. The predicted octanol–water partition coefficient (Wildman–Crippen LogP) is 2.99. The van der Waals surface area contributed by atoms with E-state index in [1.54, 1.807) is 0 Å². The molecule has 16 heavy (non-hydrogen) atoms. The molecule has 2 aromatic rings. The van der Waals surface area contributed by atoms with Crippen molar-refractivity contribution in [3.05, 3.63) is 24.0 Å². The van der Waals surface area contributed by atoms with Crippen molar-refractivity contribution >= 4 is 29.1 Å². The topological polar surface area (TPSA) is 45.8 Å². The van der Waals surface area contributed by atoms with Crippen molar-refractivity contribution in [1.29, 1.82) is 0 Å². The van der Waals surface area contributed by atoms with Crippen LogP contribution in [0.2, 0.25) is 0 Å². The van der Waals surface area contributed by atoms with Gasteiger partial charge in [0.15, 0.2) is 6.29 Å². The van der Waals surface area contributed by atoms with E-state index in [0.717, 1.165) is 0 Å². The molecule has 0 fully saturated rings. The Bertz CT molecular complexity index is 535. The summed E-state index contributed by atoms with van der Waals surface area (Å²) in [5, 5.41) is 0. The molecule has 1 aromatic heterocycles. The third kappa shape index (κ3) is 2.19. The summed E-state index contributed by atoms with van der Waals surface area (Å²) in [4.78, 5) is 17.2. The number of benzene rings is 1. The number of nitrogens with zero attached hydrogens (tertiary/aromatic N) is 1. The molecule has 0 unspecified atom stereocenters. The lowest BCUT2D eigenvalue weighted by Gasteiger charge is -2.06. The molecular formula is C9H5F3N2OS. The van der Waals surface area contributed by atoms with Gasteiger partial charge < -0.3 is 4.98 Å². The maximum atomic E-state index is 12.2. The van der Waals surface area contributed by atoms with E-state index in [4.69, 9.17) is 0 Å². The number of thioether (sulfide) groups is 1. The van der Waals surface area contributed by atoms with Gasteiger partial charge in [-0.25, -0.2) is 4.98 Å². The van der Waals surface area contributed by atoms with E-state index in [1.165, 1.54) is 18.5 Å². The van der Waals surface area contributed by atoms with E-state index in [9.17, 15) is 18.0 Å². The van der Waals surface area contributed by atoms with Crippen LogP contribution in [0.15, 0.2) is 23.4 Å². The van der Waals surface area contributed by atoms with E-state index < -0.39 is 5.51 Å². The van der Waals surface area contributed by atoms with Crippen LogP contribution in [0.5, 0.6) is 0 Å². The SMILES string of the molecule is O=Cc1cc(SC(F)(F)F)cc2[nH]cnc12. The summed E-state index contributed by atoms with van der Waals surface area (Å²) in [6.45, 7) is 0. The maximum Gasteiger partial charge on any atom is 0.446 e. The third-order valence-corrected chi connectivity index (χ3v) is 2.59. The van der Waals surface area contributed by atoms with Crippen molar-refractivity contribution in [1.82, 2.24) is 9.97 Å². The van der Waals surface area contributed by atoms with E-state index >= 15 is 0 Å². The number of halogens is 3. The highest BCUT2D eigenvalue weighted by molar-refractivity contribution is 8.00. The molecule has 0 spiro atoms. The zero-order chi connectivity index (χ0) is 11.8. The van der Waals surface area contributed by atoms with Crippen LogP contribution in [0.3, 0.4) is 0 Å². The maximum absolute atomic E-state index is 12.2. The zero-order valence-electron chi connectivity index (χ0n) is 7.71. The summed E-state index contributed by atoms with van der Waals surface area (Å²) < 4.78 is 36.5. The number of fused-ring (bicyclic) bond motifs is 1. The number of carbonyl (C=O) groups is 1. The molecule has 84 valence electrons. The first-order chi connectivity index (χ1) is 7.49. The summed E-state index contributed by atoms with van der Waals surface area (Å²) in [5.74, 6) is 0. The molecule has 0 aliphatic heterocycles. The van der Waals surface area contributed by atoms with Crippen molar-refractivity contribution in [2.24, 2.45) is 0 Å². The molecule has 0 radical (unpaired) electrons. The summed E-state index contributed by atoms with van der Waals surface area (Å²) in [7, 11) is 0. The first-order valence-corrected chi connectivity index (χ1v) is 4.99. The number of H-pyrrole nitrogens is 1. The Kier molecular flexibility index (Phi) is 2.63. The molecule has 0 amide bonds. The van der Waals surface area contributed by atoms with Gasteiger partial charge in [0.2, 0.25) is 0 Å². The number of aromatic amines is 1. The smallest absolute Gasteiger partial charge is 0.345 e. The van der Waals surface area contributed by atoms with E-state index in [-0.39, 0.29) is 22.2 Å². The molecule has 2 rings (SSSR count). The number of carbonyl (C=O) groups excluding carboxylic acids is 1. The van der Waals surface area contributed by atoms with E-state index in [2.05, 4.69) is 9.97 Å². The standard InChI is InChI=1S/C9H5F3N2OS/c10-9(11,12)16-6-1-5(3-15)8-7(2-6)13-4-14-8/h1-4H,(H,13,14). The van der Waals surface area contributed by atoms with Crippen molar-refractivity contribution in [2.45, 2.75) is 10.4 Å². The fourth-order valence-electron chi connectivity index (χ4n) is 1.33. The fraction of sp³-hybridized carbons (Fsp3) is 0.111. The lowest BCUT2D eigenvalue weighted by Crippen LogP contribution is -1.99. The lowest BCUT2D eigenvalue weighted by molar-refractivity contribution is -0.0328. The number of alkyl halides is 3. The van der Waals surface area contributed by atoms with Crippen LogP contribution in [-0.4, -0.2) is 21.8 Å². The number of nitrogens with one attached hydrogen (secondary N) is 1. The molecule has 0 saturated heterocycles. The minimum atomic E-state index is -4.37. The highest BCUT2D eigenvalue weighted by atomic mass is 32.2. The summed E-state index contributed by atoms with van der Waals surface area (Å²) in [6, 6.07) is 2.49. The monoisotopic (exact) mass is 246 g/mol.